The molecule has 43 heavy (non-hydrogen) atoms. The van der Waals surface area contributed by atoms with E-state index in [1.54, 1.807) is 48.3 Å². The van der Waals surface area contributed by atoms with Crippen molar-refractivity contribution in [2.75, 3.05) is 40.4 Å². The van der Waals surface area contributed by atoms with Crippen molar-refractivity contribution in [1.29, 1.82) is 0 Å². The van der Waals surface area contributed by atoms with Gasteiger partial charge in [-0.05, 0) is 48.2 Å². The van der Waals surface area contributed by atoms with Crippen molar-refractivity contribution in [2.24, 2.45) is 0 Å². The van der Waals surface area contributed by atoms with E-state index in [2.05, 4.69) is 17.2 Å². The largest absolute Gasteiger partial charge is 0.497 e. The molecule has 2 atom stereocenters. The molecule has 2 aliphatic rings. The van der Waals surface area contributed by atoms with Gasteiger partial charge in [0.05, 0.1) is 20.2 Å². The number of alkyl carbamates (subject to hydrolysis) is 1. The Morgan fingerprint density at radius 3 is 2.44 bits per heavy atom. The molecule has 2 heterocycles. The average Bonchev–Trinajstić information content (AvgIpc) is 3.00. The van der Waals surface area contributed by atoms with Crippen LogP contribution in [0.2, 0.25) is 0 Å². The number of nitrogens with one attached hydrogen (secondary N) is 2. The van der Waals surface area contributed by atoms with E-state index in [9.17, 15) is 23.6 Å². The summed E-state index contributed by atoms with van der Waals surface area (Å²) in [5, 5.41) is 8.55. The van der Waals surface area contributed by atoms with E-state index in [1.807, 2.05) is 12.1 Å². The Bertz CT molecular complexity index is 1310. The molecule has 0 spiro atoms. The Kier molecular flexibility index (Phi) is 10.5. The number of likely N-dealkylation sites (N-methyl/N-ethyl adjacent to an activating group) is 1. The summed E-state index contributed by atoms with van der Waals surface area (Å²) in [6.07, 6.45) is 0.679. The number of fused-ring (bicyclic) bond motifs is 1. The fraction of sp³-hybridized carbons (Fsp3) is 0.400. The Labute approximate surface area is 250 Å². The minimum Gasteiger partial charge on any atom is -0.497 e. The van der Waals surface area contributed by atoms with Crippen LogP contribution in [0.1, 0.15) is 24.0 Å². The predicted molar refractivity (Wildman–Crippen MR) is 155 cm³/mol. The second-order valence-corrected chi connectivity index (χ2v) is 10.3. The van der Waals surface area contributed by atoms with Gasteiger partial charge in [0.1, 0.15) is 30.4 Å². The smallest absolute Gasteiger partial charge is 0.407 e. The number of methoxy groups -OCH3 is 1. The van der Waals surface area contributed by atoms with Crippen LogP contribution >= 0.6 is 0 Å². The number of carbonyl (C=O) groups excluding carboxylic acids is 4. The molecule has 0 radical (unpaired) electrons. The zero-order valence-electron chi connectivity index (χ0n) is 24.3. The normalized spacial score (nSPS) is 18.6. The van der Waals surface area contributed by atoms with Crippen LogP contribution in [0.3, 0.4) is 0 Å². The SMILES string of the molecule is C=CCOC(=O)NCCC[C@H]1C(=O)N(Cc2ccc(F)cc2)CC2N1C(=O)CN(C)N2C(=O)NCc1ccc(OC)cc1. The van der Waals surface area contributed by atoms with Gasteiger partial charge in [-0.15, -0.1) is 0 Å². The third-order valence-corrected chi connectivity index (χ3v) is 7.29. The number of nitrogens with zero attached hydrogens (tertiary/aromatic N) is 4. The van der Waals surface area contributed by atoms with Crippen LogP contribution < -0.4 is 15.4 Å². The van der Waals surface area contributed by atoms with Crippen LogP contribution in [0, 0.1) is 5.82 Å². The molecule has 0 aromatic heterocycles. The molecule has 1 unspecified atom stereocenters. The molecule has 0 aliphatic carbocycles. The van der Waals surface area contributed by atoms with Gasteiger partial charge in [0, 0.05) is 26.7 Å². The van der Waals surface area contributed by atoms with Crippen LogP contribution in [0.15, 0.2) is 61.2 Å². The first-order valence-corrected chi connectivity index (χ1v) is 14.0. The number of rotatable bonds is 11. The van der Waals surface area contributed by atoms with Gasteiger partial charge in [0.25, 0.3) is 0 Å². The maximum absolute atomic E-state index is 13.8. The summed E-state index contributed by atoms with van der Waals surface area (Å²) < 4.78 is 23.7. The van der Waals surface area contributed by atoms with Crippen molar-refractivity contribution >= 4 is 23.9 Å². The third kappa shape index (κ3) is 7.80. The van der Waals surface area contributed by atoms with Crippen LogP contribution in [-0.4, -0.2) is 96.4 Å². The van der Waals surface area contributed by atoms with Crippen molar-refractivity contribution < 1.29 is 33.0 Å². The van der Waals surface area contributed by atoms with Crippen molar-refractivity contribution in [3.63, 3.8) is 0 Å². The zero-order chi connectivity index (χ0) is 30.9. The third-order valence-electron chi connectivity index (χ3n) is 7.29. The van der Waals surface area contributed by atoms with E-state index in [0.717, 1.165) is 5.56 Å². The van der Waals surface area contributed by atoms with Crippen molar-refractivity contribution in [3.8, 4) is 5.75 Å². The number of halogens is 1. The average molecular weight is 597 g/mol. The highest BCUT2D eigenvalue weighted by Gasteiger charge is 2.50. The van der Waals surface area contributed by atoms with Gasteiger partial charge in [0.15, 0.2) is 0 Å². The number of benzene rings is 2. The molecule has 230 valence electrons. The lowest BCUT2D eigenvalue weighted by molar-refractivity contribution is -0.188. The summed E-state index contributed by atoms with van der Waals surface area (Å²) in [5.74, 6) is -0.268. The number of amides is 5. The van der Waals surface area contributed by atoms with E-state index >= 15 is 0 Å². The highest BCUT2D eigenvalue weighted by Crippen LogP contribution is 2.29. The summed E-state index contributed by atoms with van der Waals surface area (Å²) in [6, 6.07) is 11.8. The van der Waals surface area contributed by atoms with E-state index in [0.29, 0.717) is 17.7 Å². The number of ether oxygens (including phenoxy) is 2. The lowest BCUT2D eigenvalue weighted by Crippen LogP contribution is -2.75. The molecule has 2 N–H and O–H groups in total. The lowest BCUT2D eigenvalue weighted by atomic mass is 10.0. The Hall–Kier alpha value is -4.65. The Morgan fingerprint density at radius 2 is 1.77 bits per heavy atom. The number of hydrogen-bond donors (Lipinski definition) is 2. The van der Waals surface area contributed by atoms with Gasteiger partial charge in [-0.2, -0.15) is 0 Å². The fourth-order valence-corrected chi connectivity index (χ4v) is 5.21. The number of urea groups is 1. The molecule has 2 fully saturated rings. The molecule has 2 aromatic rings. The molecular weight excluding hydrogens is 559 g/mol. The van der Waals surface area contributed by atoms with Crippen molar-refractivity contribution in [2.45, 2.75) is 38.1 Å². The van der Waals surface area contributed by atoms with Crippen LogP contribution in [0.25, 0.3) is 0 Å². The minimum absolute atomic E-state index is 0.0604. The van der Waals surface area contributed by atoms with Gasteiger partial charge in [-0.3, -0.25) is 9.59 Å². The minimum atomic E-state index is -0.872. The van der Waals surface area contributed by atoms with Gasteiger partial charge >= 0.3 is 12.1 Å². The number of hydrogen-bond acceptors (Lipinski definition) is 7. The summed E-state index contributed by atoms with van der Waals surface area (Å²) in [7, 11) is 3.23. The van der Waals surface area contributed by atoms with Crippen molar-refractivity contribution in [1.82, 2.24) is 30.5 Å². The first-order chi connectivity index (χ1) is 20.7. The molecule has 12 nitrogen and oxygen atoms in total. The molecule has 2 aromatic carbocycles. The Balaban J connectivity index is 1.53. The van der Waals surface area contributed by atoms with Crippen LogP contribution in [0.5, 0.6) is 5.75 Å². The highest BCUT2D eigenvalue weighted by molar-refractivity contribution is 5.91. The number of hydrazine groups is 1. The van der Waals surface area contributed by atoms with E-state index in [-0.39, 0.29) is 57.6 Å². The second kappa shape index (κ2) is 14.5. The first-order valence-electron chi connectivity index (χ1n) is 14.0. The quantitative estimate of drug-likeness (QED) is 0.302. The number of piperazine rings is 1. The topological polar surface area (TPSA) is 124 Å². The molecule has 5 amide bonds. The first kappa shape index (κ1) is 31.3. The molecule has 0 saturated carbocycles. The second-order valence-electron chi connectivity index (χ2n) is 10.3. The summed E-state index contributed by atoms with van der Waals surface area (Å²) in [4.78, 5) is 55.6. The standard InChI is InChI=1S/C30H37FN6O6/c1-4-16-43-30(41)32-15-5-6-25-28(39)35(18-22-7-11-23(31)12-8-22)19-26-36(25)27(38)20-34(2)37(26)29(40)33-17-21-9-13-24(42-3)14-10-21/h4,7-14,25-26H,1,5-6,15-20H2,2-3H3,(H,32,41)(H,33,40)/t25-,26?/m0/s1. The highest BCUT2D eigenvalue weighted by atomic mass is 19.1. The lowest BCUT2D eigenvalue weighted by Gasteiger charge is -2.54. The van der Waals surface area contributed by atoms with Crippen molar-refractivity contribution in [3.05, 3.63) is 78.1 Å². The number of carbonyl (C=O) groups is 4. The van der Waals surface area contributed by atoms with E-state index in [4.69, 9.17) is 9.47 Å². The summed E-state index contributed by atoms with van der Waals surface area (Å²) in [5.41, 5.74) is 1.56. The molecule has 0 bridgehead atoms. The molecule has 2 aliphatic heterocycles. The van der Waals surface area contributed by atoms with Gasteiger partial charge < -0.3 is 29.9 Å². The molecule has 2 saturated heterocycles. The zero-order valence-corrected chi connectivity index (χ0v) is 24.3. The molecule has 13 heteroatoms. The monoisotopic (exact) mass is 596 g/mol. The Morgan fingerprint density at radius 1 is 1.07 bits per heavy atom. The summed E-state index contributed by atoms with van der Waals surface area (Å²) in [6.45, 7) is 4.16. The van der Waals surface area contributed by atoms with Gasteiger partial charge in [-0.1, -0.05) is 36.9 Å². The van der Waals surface area contributed by atoms with E-state index < -0.39 is 30.1 Å². The predicted octanol–water partition coefficient (Wildman–Crippen LogP) is 2.46. The maximum atomic E-state index is 13.8. The summed E-state index contributed by atoms with van der Waals surface area (Å²) >= 11 is 0. The van der Waals surface area contributed by atoms with E-state index in [1.165, 1.54) is 28.1 Å². The van der Waals surface area contributed by atoms with Gasteiger partial charge in [0.2, 0.25) is 11.8 Å². The van der Waals surface area contributed by atoms with Crippen LogP contribution in [-0.2, 0) is 27.4 Å². The molecule has 4 rings (SSSR count). The maximum Gasteiger partial charge on any atom is 0.407 e. The van der Waals surface area contributed by atoms with Gasteiger partial charge in [-0.25, -0.2) is 24.0 Å². The molecular formula is C30H37FN6O6. The fourth-order valence-electron chi connectivity index (χ4n) is 5.21. The van der Waals surface area contributed by atoms with Crippen LogP contribution in [0.4, 0.5) is 14.0 Å².